The van der Waals surface area contributed by atoms with E-state index in [2.05, 4.69) is 10.3 Å². The number of hydrogen-bond acceptors (Lipinski definition) is 3. The monoisotopic (exact) mass is 466 g/mol. The number of nitrogens with zero attached hydrogens (tertiary/aromatic N) is 3. The number of nitrogens with one attached hydrogen (secondary N) is 1. The third kappa shape index (κ3) is 4.79. The summed E-state index contributed by atoms with van der Waals surface area (Å²) in [6, 6.07) is 18.7. The van der Waals surface area contributed by atoms with Crippen molar-refractivity contribution < 1.29 is 4.79 Å². The van der Waals surface area contributed by atoms with Gasteiger partial charge in [-0.05, 0) is 48.4 Å². The molecule has 5 nitrogen and oxygen atoms in total. The summed E-state index contributed by atoms with van der Waals surface area (Å²) in [4.78, 5) is 22.4. The maximum absolute atomic E-state index is 13.2. The molecule has 7 heteroatoms. The zero-order valence-corrected chi connectivity index (χ0v) is 19.3. The van der Waals surface area contributed by atoms with E-state index in [0.29, 0.717) is 35.9 Å². The highest BCUT2D eigenvalue weighted by Crippen LogP contribution is 2.30. The van der Waals surface area contributed by atoms with E-state index in [1.807, 2.05) is 72.2 Å². The summed E-state index contributed by atoms with van der Waals surface area (Å²) in [7, 11) is 0. The minimum atomic E-state index is -0.401. The molecule has 0 spiro atoms. The number of carbonyl (C=O) groups excluding carboxylic acids is 1. The van der Waals surface area contributed by atoms with Gasteiger partial charge in [0.05, 0.1) is 11.0 Å². The molecule has 1 amide bonds. The molecule has 4 aromatic rings. The zero-order valence-electron chi connectivity index (χ0n) is 17.8. The van der Waals surface area contributed by atoms with Crippen molar-refractivity contribution in [3.63, 3.8) is 0 Å². The van der Waals surface area contributed by atoms with Crippen LogP contribution in [0.1, 0.15) is 36.5 Å². The fourth-order valence-electron chi connectivity index (χ4n) is 3.89. The first-order chi connectivity index (χ1) is 15.6. The lowest BCUT2D eigenvalue weighted by molar-refractivity contribution is -0.124. The van der Waals surface area contributed by atoms with Crippen LogP contribution < -0.4 is 5.32 Å². The van der Waals surface area contributed by atoms with Crippen LogP contribution in [0.2, 0.25) is 10.0 Å². The van der Waals surface area contributed by atoms with E-state index in [1.165, 1.54) is 0 Å². The second-order valence-electron chi connectivity index (χ2n) is 7.55. The molecular weight excluding hydrogens is 443 g/mol. The number of para-hydroxylation sites is 2. The maximum atomic E-state index is 13.2. The first kappa shape index (κ1) is 22.3. The van der Waals surface area contributed by atoms with E-state index in [4.69, 9.17) is 28.2 Å². The summed E-state index contributed by atoms with van der Waals surface area (Å²) in [5, 5.41) is 4.24. The molecule has 32 heavy (non-hydrogen) atoms. The smallest absolute Gasteiger partial charge is 0.243 e. The largest absolute Gasteiger partial charge is 0.354 e. The van der Waals surface area contributed by atoms with Crippen molar-refractivity contribution in [1.82, 2.24) is 19.9 Å². The van der Waals surface area contributed by atoms with Crippen LogP contribution in [-0.2, 0) is 17.6 Å². The molecule has 0 unspecified atom stereocenters. The molecule has 1 atom stereocenters. The SMILES string of the molecule is CC[C@H](C(=O)NCCc1ccccn1)n1c(Cc2c(Cl)cccc2Cl)nc2ccccc21. The first-order valence-electron chi connectivity index (χ1n) is 10.6. The number of amides is 1. The van der Waals surface area contributed by atoms with Gasteiger partial charge in [0.1, 0.15) is 11.9 Å². The van der Waals surface area contributed by atoms with Crippen molar-refractivity contribution in [3.8, 4) is 0 Å². The molecular formula is C25H24Cl2N4O. The molecule has 0 radical (unpaired) electrons. The first-order valence-corrected chi connectivity index (χ1v) is 11.4. The van der Waals surface area contributed by atoms with Gasteiger partial charge in [-0.3, -0.25) is 9.78 Å². The molecule has 0 saturated carbocycles. The summed E-state index contributed by atoms with van der Waals surface area (Å²) in [5.41, 5.74) is 3.50. The van der Waals surface area contributed by atoms with Gasteiger partial charge >= 0.3 is 0 Å². The van der Waals surface area contributed by atoms with Crippen molar-refractivity contribution in [2.75, 3.05) is 6.54 Å². The maximum Gasteiger partial charge on any atom is 0.243 e. The van der Waals surface area contributed by atoms with E-state index in [9.17, 15) is 4.79 Å². The number of carbonyl (C=O) groups is 1. The van der Waals surface area contributed by atoms with Crippen LogP contribution >= 0.6 is 23.2 Å². The number of rotatable bonds is 8. The lowest BCUT2D eigenvalue weighted by Gasteiger charge is -2.20. The van der Waals surface area contributed by atoms with E-state index < -0.39 is 6.04 Å². The minimum Gasteiger partial charge on any atom is -0.354 e. The third-order valence-electron chi connectivity index (χ3n) is 5.47. The Labute approximate surface area is 197 Å². The fraction of sp³-hybridized carbons (Fsp3) is 0.240. The van der Waals surface area contributed by atoms with Gasteiger partial charge < -0.3 is 9.88 Å². The fourth-order valence-corrected chi connectivity index (χ4v) is 4.42. The number of imidazole rings is 1. The van der Waals surface area contributed by atoms with E-state index in [0.717, 1.165) is 28.1 Å². The average molecular weight is 467 g/mol. The van der Waals surface area contributed by atoms with E-state index >= 15 is 0 Å². The standard InChI is InChI=1S/C25H24Cl2N4O/c1-2-22(25(32)29-15-13-17-8-5-6-14-28-17)31-23-12-4-3-11-21(23)30-24(31)16-18-19(26)9-7-10-20(18)27/h3-12,14,22H,2,13,15-16H2,1H3,(H,29,32)/t22-/m1/s1. The quantitative estimate of drug-likeness (QED) is 0.365. The predicted molar refractivity (Wildman–Crippen MR) is 129 cm³/mol. The van der Waals surface area contributed by atoms with Crippen molar-refractivity contribution in [2.24, 2.45) is 0 Å². The van der Waals surface area contributed by atoms with Crippen molar-refractivity contribution in [1.29, 1.82) is 0 Å². The van der Waals surface area contributed by atoms with Gasteiger partial charge in [-0.2, -0.15) is 0 Å². The Hall–Kier alpha value is -2.89. The minimum absolute atomic E-state index is 0.0434. The molecule has 0 aliphatic rings. The summed E-state index contributed by atoms with van der Waals surface area (Å²) >= 11 is 12.9. The molecule has 0 bridgehead atoms. The number of hydrogen-bond donors (Lipinski definition) is 1. The molecule has 0 aliphatic carbocycles. The van der Waals surface area contributed by atoms with Gasteiger partial charge in [-0.15, -0.1) is 0 Å². The van der Waals surface area contributed by atoms with Gasteiger partial charge in [-0.1, -0.05) is 54.4 Å². The Kier molecular flexibility index (Phi) is 7.08. The topological polar surface area (TPSA) is 59.8 Å². The Balaban J connectivity index is 1.63. The van der Waals surface area contributed by atoms with Crippen LogP contribution in [0.15, 0.2) is 66.9 Å². The summed E-state index contributed by atoms with van der Waals surface area (Å²) in [6.07, 6.45) is 3.50. The summed E-state index contributed by atoms with van der Waals surface area (Å²) in [5.74, 6) is 0.714. The molecule has 2 aromatic carbocycles. The van der Waals surface area contributed by atoms with Gasteiger partial charge in [-0.25, -0.2) is 4.98 Å². The van der Waals surface area contributed by atoms with Crippen LogP contribution in [0.3, 0.4) is 0 Å². The van der Waals surface area contributed by atoms with Crippen LogP contribution in [0.4, 0.5) is 0 Å². The predicted octanol–water partition coefficient (Wildman–Crippen LogP) is 5.64. The molecule has 0 saturated heterocycles. The molecule has 2 aromatic heterocycles. The molecule has 1 N–H and O–H groups in total. The average Bonchev–Trinajstić information content (AvgIpc) is 3.16. The van der Waals surface area contributed by atoms with E-state index in [1.54, 1.807) is 6.20 Å². The molecule has 0 aliphatic heterocycles. The van der Waals surface area contributed by atoms with Crippen LogP contribution in [0.25, 0.3) is 11.0 Å². The Morgan fingerprint density at radius 2 is 1.78 bits per heavy atom. The van der Waals surface area contributed by atoms with Crippen LogP contribution in [0.5, 0.6) is 0 Å². The highest BCUT2D eigenvalue weighted by atomic mass is 35.5. The third-order valence-corrected chi connectivity index (χ3v) is 6.18. The van der Waals surface area contributed by atoms with Gasteiger partial charge in [0.25, 0.3) is 0 Å². The van der Waals surface area contributed by atoms with E-state index in [-0.39, 0.29) is 5.91 Å². The van der Waals surface area contributed by atoms with Crippen molar-refractivity contribution >= 4 is 40.1 Å². The molecule has 4 rings (SSSR count). The van der Waals surface area contributed by atoms with Crippen LogP contribution in [-0.4, -0.2) is 27.0 Å². The van der Waals surface area contributed by atoms with Crippen LogP contribution in [0, 0.1) is 0 Å². The van der Waals surface area contributed by atoms with Crippen molar-refractivity contribution in [2.45, 2.75) is 32.2 Å². The molecule has 2 heterocycles. The lowest BCUT2D eigenvalue weighted by Crippen LogP contribution is -2.34. The number of aromatic nitrogens is 3. The van der Waals surface area contributed by atoms with Crippen molar-refractivity contribution in [3.05, 3.63) is 94.0 Å². The number of benzene rings is 2. The Morgan fingerprint density at radius 1 is 1.03 bits per heavy atom. The molecule has 164 valence electrons. The lowest BCUT2D eigenvalue weighted by atomic mass is 10.1. The van der Waals surface area contributed by atoms with Gasteiger partial charge in [0.2, 0.25) is 5.91 Å². The summed E-state index contributed by atoms with van der Waals surface area (Å²) in [6.45, 7) is 2.52. The number of pyridine rings is 1. The van der Waals surface area contributed by atoms with Gasteiger partial charge in [0, 0.05) is 41.3 Å². The van der Waals surface area contributed by atoms with Gasteiger partial charge in [0.15, 0.2) is 0 Å². The summed E-state index contributed by atoms with van der Waals surface area (Å²) < 4.78 is 2.02. The zero-order chi connectivity index (χ0) is 22.5. The Bertz CT molecular complexity index is 1200. The number of halogens is 2. The second kappa shape index (κ2) is 10.2. The highest BCUT2D eigenvalue weighted by Gasteiger charge is 2.24. The normalized spacial score (nSPS) is 12.1. The number of fused-ring (bicyclic) bond motifs is 1. The highest BCUT2D eigenvalue weighted by molar-refractivity contribution is 6.36. The Morgan fingerprint density at radius 3 is 2.50 bits per heavy atom. The molecule has 0 fully saturated rings. The second-order valence-corrected chi connectivity index (χ2v) is 8.36.